The molecule has 19 heavy (non-hydrogen) atoms. The second-order valence-electron chi connectivity index (χ2n) is 4.28. The molecule has 2 N–H and O–H groups in total. The number of hydrogen-bond acceptors (Lipinski definition) is 6. The Balaban J connectivity index is 2.11. The molecule has 0 aliphatic heterocycles. The largest absolute Gasteiger partial charge is 0.351 e. The molecule has 2 rings (SSSR count). The zero-order valence-corrected chi connectivity index (χ0v) is 10.8. The molecule has 0 amide bonds. The van der Waals surface area contributed by atoms with Gasteiger partial charge in [-0.3, -0.25) is 0 Å². The van der Waals surface area contributed by atoms with Gasteiger partial charge < -0.3 is 10.6 Å². The number of nitrogens with one attached hydrogen (secondary N) is 2. The zero-order chi connectivity index (χ0) is 13.7. The summed E-state index contributed by atoms with van der Waals surface area (Å²) in [5.74, 6) is 1.08. The molecule has 0 bridgehead atoms. The van der Waals surface area contributed by atoms with E-state index in [1.165, 1.54) is 0 Å². The highest BCUT2D eigenvalue weighted by Crippen LogP contribution is 2.15. The maximum absolute atomic E-state index is 8.73. The molecule has 0 spiro atoms. The molecule has 0 aliphatic rings. The van der Waals surface area contributed by atoms with Gasteiger partial charge in [0.05, 0.1) is 17.8 Å². The summed E-state index contributed by atoms with van der Waals surface area (Å²) >= 11 is 0. The van der Waals surface area contributed by atoms with E-state index in [9.17, 15) is 0 Å². The minimum Gasteiger partial charge on any atom is -0.351 e. The predicted octanol–water partition coefficient (Wildman–Crippen LogP) is 2.31. The Morgan fingerprint density at radius 1 is 1.21 bits per heavy atom. The lowest BCUT2D eigenvalue weighted by Gasteiger charge is -2.09. The summed E-state index contributed by atoms with van der Waals surface area (Å²) in [5, 5.41) is 22.7. The molecule has 1 aromatic carbocycles. The summed E-state index contributed by atoms with van der Waals surface area (Å²) in [6.45, 7) is 4.01. The minimum absolute atomic E-state index is 0.243. The number of rotatable bonds is 4. The molecule has 6 nitrogen and oxygen atoms in total. The van der Waals surface area contributed by atoms with Gasteiger partial charge in [-0.25, -0.2) is 0 Å². The van der Waals surface area contributed by atoms with Crippen LogP contribution >= 0.6 is 0 Å². The second kappa shape index (κ2) is 5.78. The van der Waals surface area contributed by atoms with Crippen LogP contribution in [0.2, 0.25) is 0 Å². The first-order chi connectivity index (χ1) is 9.17. The third-order valence-corrected chi connectivity index (χ3v) is 2.26. The molecule has 96 valence electrons. The monoisotopic (exact) mass is 254 g/mol. The van der Waals surface area contributed by atoms with Crippen LogP contribution in [0.25, 0.3) is 0 Å². The quantitative estimate of drug-likeness (QED) is 0.870. The van der Waals surface area contributed by atoms with Crippen LogP contribution in [0.15, 0.2) is 30.5 Å². The van der Waals surface area contributed by atoms with Gasteiger partial charge in [-0.1, -0.05) is 0 Å². The molecule has 0 saturated heterocycles. The highest BCUT2D eigenvalue weighted by Gasteiger charge is 2.02. The van der Waals surface area contributed by atoms with Crippen molar-refractivity contribution in [3.8, 4) is 6.07 Å². The molecule has 1 heterocycles. The van der Waals surface area contributed by atoms with E-state index in [-0.39, 0.29) is 6.04 Å². The fraction of sp³-hybridized carbons (Fsp3) is 0.231. The van der Waals surface area contributed by atoms with Crippen molar-refractivity contribution < 1.29 is 0 Å². The molecular formula is C13H14N6. The van der Waals surface area contributed by atoms with Crippen LogP contribution in [-0.2, 0) is 0 Å². The van der Waals surface area contributed by atoms with Gasteiger partial charge in [-0.05, 0) is 38.1 Å². The minimum atomic E-state index is 0.243. The lowest BCUT2D eigenvalue weighted by molar-refractivity contribution is 0.852. The Labute approximate surface area is 111 Å². The molecule has 0 atom stereocenters. The molecule has 2 aromatic rings. The Kier molecular flexibility index (Phi) is 3.88. The fourth-order valence-electron chi connectivity index (χ4n) is 1.46. The predicted molar refractivity (Wildman–Crippen MR) is 73.0 cm³/mol. The molecule has 1 aromatic heterocycles. The standard InChI is InChI=1S/C13H14N6/c1-9(2)16-13-18-12(8-15-19-13)17-11-5-3-10(7-14)4-6-11/h3-6,8-9H,1-2H3,(H2,16,17,18,19). The number of anilines is 3. The van der Waals surface area contributed by atoms with E-state index in [0.29, 0.717) is 17.3 Å². The average Bonchev–Trinajstić information content (AvgIpc) is 2.39. The van der Waals surface area contributed by atoms with E-state index < -0.39 is 0 Å². The Hall–Kier alpha value is -2.68. The van der Waals surface area contributed by atoms with Crippen molar-refractivity contribution in [1.29, 1.82) is 5.26 Å². The van der Waals surface area contributed by atoms with Crippen molar-refractivity contribution in [3.63, 3.8) is 0 Å². The van der Waals surface area contributed by atoms with Crippen LogP contribution in [0.3, 0.4) is 0 Å². The van der Waals surface area contributed by atoms with E-state index in [1.54, 1.807) is 18.3 Å². The lowest BCUT2D eigenvalue weighted by atomic mass is 10.2. The lowest BCUT2D eigenvalue weighted by Crippen LogP contribution is -2.13. The van der Waals surface area contributed by atoms with Crippen molar-refractivity contribution >= 4 is 17.5 Å². The fourth-order valence-corrected chi connectivity index (χ4v) is 1.46. The number of nitrogens with zero attached hydrogens (tertiary/aromatic N) is 4. The first-order valence-electron chi connectivity index (χ1n) is 5.91. The van der Waals surface area contributed by atoms with Gasteiger partial charge in [0.15, 0.2) is 5.82 Å². The highest BCUT2D eigenvalue weighted by atomic mass is 15.3. The summed E-state index contributed by atoms with van der Waals surface area (Å²) in [6, 6.07) is 9.43. The third-order valence-electron chi connectivity index (χ3n) is 2.26. The zero-order valence-electron chi connectivity index (χ0n) is 10.8. The Bertz CT molecular complexity index is 585. The highest BCUT2D eigenvalue weighted by molar-refractivity contribution is 5.57. The summed E-state index contributed by atoms with van der Waals surface area (Å²) in [6.07, 6.45) is 1.55. The van der Waals surface area contributed by atoms with Crippen LogP contribution in [0, 0.1) is 11.3 Å². The topological polar surface area (TPSA) is 86.5 Å². The van der Waals surface area contributed by atoms with Gasteiger partial charge in [0.2, 0.25) is 5.95 Å². The summed E-state index contributed by atoms with van der Waals surface area (Å²) in [7, 11) is 0. The smallest absolute Gasteiger partial charge is 0.244 e. The van der Waals surface area contributed by atoms with Crippen LogP contribution in [0.1, 0.15) is 19.4 Å². The number of nitriles is 1. The van der Waals surface area contributed by atoms with Crippen LogP contribution < -0.4 is 10.6 Å². The summed E-state index contributed by atoms with van der Waals surface area (Å²) in [5.41, 5.74) is 1.46. The Morgan fingerprint density at radius 2 is 1.95 bits per heavy atom. The maximum Gasteiger partial charge on any atom is 0.244 e. The van der Waals surface area contributed by atoms with Gasteiger partial charge in [0, 0.05) is 11.7 Å². The number of benzene rings is 1. The maximum atomic E-state index is 8.73. The van der Waals surface area contributed by atoms with E-state index in [4.69, 9.17) is 5.26 Å². The molecule has 0 saturated carbocycles. The average molecular weight is 254 g/mol. The van der Waals surface area contributed by atoms with Gasteiger partial charge in [-0.15, -0.1) is 5.10 Å². The Morgan fingerprint density at radius 3 is 2.58 bits per heavy atom. The second-order valence-corrected chi connectivity index (χ2v) is 4.28. The molecule has 0 radical (unpaired) electrons. The van der Waals surface area contributed by atoms with Crippen LogP contribution in [-0.4, -0.2) is 21.2 Å². The molecule has 6 heteroatoms. The first kappa shape index (κ1) is 12.8. The summed E-state index contributed by atoms with van der Waals surface area (Å²) < 4.78 is 0. The van der Waals surface area contributed by atoms with Gasteiger partial charge in [-0.2, -0.15) is 15.3 Å². The molecule has 0 unspecified atom stereocenters. The number of aromatic nitrogens is 3. The summed E-state index contributed by atoms with van der Waals surface area (Å²) in [4.78, 5) is 4.29. The third kappa shape index (κ3) is 3.64. The van der Waals surface area contributed by atoms with E-state index >= 15 is 0 Å². The van der Waals surface area contributed by atoms with Crippen molar-refractivity contribution in [1.82, 2.24) is 15.2 Å². The van der Waals surface area contributed by atoms with Gasteiger partial charge in [0.1, 0.15) is 0 Å². The van der Waals surface area contributed by atoms with Gasteiger partial charge >= 0.3 is 0 Å². The van der Waals surface area contributed by atoms with Crippen molar-refractivity contribution in [2.75, 3.05) is 10.6 Å². The van der Waals surface area contributed by atoms with E-state index in [2.05, 4.69) is 31.9 Å². The first-order valence-corrected chi connectivity index (χ1v) is 5.91. The molecule has 0 aliphatic carbocycles. The van der Waals surface area contributed by atoms with E-state index in [1.807, 2.05) is 26.0 Å². The number of hydrogen-bond donors (Lipinski definition) is 2. The normalized spacial score (nSPS) is 10.0. The SMILES string of the molecule is CC(C)Nc1nncc(Nc2ccc(C#N)cc2)n1. The van der Waals surface area contributed by atoms with Crippen LogP contribution in [0.4, 0.5) is 17.5 Å². The van der Waals surface area contributed by atoms with Crippen molar-refractivity contribution in [2.45, 2.75) is 19.9 Å². The molecule has 0 fully saturated rings. The van der Waals surface area contributed by atoms with Crippen LogP contribution in [0.5, 0.6) is 0 Å². The van der Waals surface area contributed by atoms with Gasteiger partial charge in [0.25, 0.3) is 0 Å². The van der Waals surface area contributed by atoms with E-state index in [0.717, 1.165) is 5.69 Å². The van der Waals surface area contributed by atoms with Crippen molar-refractivity contribution in [3.05, 3.63) is 36.0 Å². The molecular weight excluding hydrogens is 240 g/mol. The van der Waals surface area contributed by atoms with Crippen molar-refractivity contribution in [2.24, 2.45) is 0 Å².